The van der Waals surface area contributed by atoms with E-state index in [1.165, 1.54) is 0 Å². The Morgan fingerprint density at radius 1 is 1.43 bits per heavy atom. The molecule has 0 radical (unpaired) electrons. The molecule has 1 unspecified atom stereocenters. The molecule has 6 heteroatoms. The predicted molar refractivity (Wildman–Crippen MR) is 84.3 cm³/mol. The molecule has 1 aliphatic rings. The normalized spacial score (nSPS) is 18.3. The molecule has 1 aromatic rings. The molecule has 1 heterocycles. The standard InChI is InChI=1S/C15H20N2O3S/c16-15(21)12-6-1-2-7-13(12)20-10-14(19)17-8-4-3-5-11(17)9-18/h1-2,6-7,11,18H,3-5,8-10H2,(H2,16,21). The van der Waals surface area contributed by atoms with Gasteiger partial charge in [-0.1, -0.05) is 24.4 Å². The molecular formula is C15H20N2O3S. The molecule has 0 spiro atoms. The van der Waals surface area contributed by atoms with E-state index in [0.29, 0.717) is 17.9 Å². The van der Waals surface area contributed by atoms with E-state index in [-0.39, 0.29) is 30.2 Å². The smallest absolute Gasteiger partial charge is 0.260 e. The lowest BCUT2D eigenvalue weighted by Gasteiger charge is -2.34. The number of likely N-dealkylation sites (tertiary alicyclic amines) is 1. The van der Waals surface area contributed by atoms with Crippen LogP contribution in [0.3, 0.4) is 0 Å². The van der Waals surface area contributed by atoms with E-state index in [0.717, 1.165) is 19.3 Å². The van der Waals surface area contributed by atoms with Gasteiger partial charge in [-0.15, -0.1) is 0 Å². The average Bonchev–Trinajstić information content (AvgIpc) is 2.52. The quantitative estimate of drug-likeness (QED) is 0.796. The molecule has 1 aliphatic heterocycles. The molecule has 1 aromatic carbocycles. The van der Waals surface area contributed by atoms with Gasteiger partial charge in [0.1, 0.15) is 10.7 Å². The summed E-state index contributed by atoms with van der Waals surface area (Å²) in [5.74, 6) is 0.391. The number of ether oxygens (including phenoxy) is 1. The monoisotopic (exact) mass is 308 g/mol. The van der Waals surface area contributed by atoms with Crippen molar-refractivity contribution >= 4 is 23.1 Å². The Morgan fingerprint density at radius 3 is 2.90 bits per heavy atom. The van der Waals surface area contributed by atoms with Gasteiger partial charge >= 0.3 is 0 Å². The Balaban J connectivity index is 1.99. The summed E-state index contributed by atoms with van der Waals surface area (Å²) in [7, 11) is 0. The van der Waals surface area contributed by atoms with Gasteiger partial charge in [0.15, 0.2) is 6.61 Å². The maximum absolute atomic E-state index is 12.2. The molecule has 114 valence electrons. The number of piperidine rings is 1. The van der Waals surface area contributed by atoms with Crippen LogP contribution in [0.25, 0.3) is 0 Å². The van der Waals surface area contributed by atoms with Gasteiger partial charge in [0.2, 0.25) is 0 Å². The minimum atomic E-state index is -0.119. The van der Waals surface area contributed by atoms with Crippen molar-refractivity contribution in [2.24, 2.45) is 5.73 Å². The van der Waals surface area contributed by atoms with Crippen LogP contribution < -0.4 is 10.5 Å². The number of carbonyl (C=O) groups excluding carboxylic acids is 1. The lowest BCUT2D eigenvalue weighted by Crippen LogP contribution is -2.47. The number of nitrogens with two attached hydrogens (primary N) is 1. The van der Waals surface area contributed by atoms with E-state index in [2.05, 4.69) is 0 Å². The number of nitrogens with zero attached hydrogens (tertiary/aromatic N) is 1. The Bertz CT molecular complexity index is 521. The molecule has 3 N–H and O–H groups in total. The van der Waals surface area contributed by atoms with Gasteiger partial charge in [0.05, 0.1) is 18.2 Å². The molecule has 2 rings (SSSR count). The van der Waals surface area contributed by atoms with Crippen LogP contribution in [0.5, 0.6) is 5.75 Å². The van der Waals surface area contributed by atoms with Crippen LogP contribution in [0.2, 0.25) is 0 Å². The summed E-state index contributed by atoms with van der Waals surface area (Å²) in [6, 6.07) is 7.02. The maximum atomic E-state index is 12.2. The van der Waals surface area contributed by atoms with E-state index in [9.17, 15) is 9.90 Å². The summed E-state index contributed by atoms with van der Waals surface area (Å²) in [6.07, 6.45) is 2.84. The molecule has 1 saturated heterocycles. The fourth-order valence-corrected chi connectivity index (χ4v) is 2.71. The van der Waals surface area contributed by atoms with Gasteiger partial charge in [-0.2, -0.15) is 0 Å². The van der Waals surface area contributed by atoms with Gasteiger partial charge in [0.25, 0.3) is 5.91 Å². The molecule has 1 amide bonds. The molecule has 0 aromatic heterocycles. The molecule has 1 atom stereocenters. The summed E-state index contributed by atoms with van der Waals surface area (Å²) in [4.78, 5) is 14.2. The first kappa shape index (κ1) is 15.7. The third-order valence-electron chi connectivity index (χ3n) is 3.66. The lowest BCUT2D eigenvalue weighted by atomic mass is 10.0. The number of amides is 1. The number of hydrogen-bond acceptors (Lipinski definition) is 4. The highest BCUT2D eigenvalue weighted by atomic mass is 32.1. The largest absolute Gasteiger partial charge is 0.483 e. The molecule has 1 fully saturated rings. The van der Waals surface area contributed by atoms with Crippen molar-refractivity contribution in [1.29, 1.82) is 0 Å². The van der Waals surface area contributed by atoms with Crippen LogP contribution >= 0.6 is 12.2 Å². The zero-order valence-electron chi connectivity index (χ0n) is 11.8. The van der Waals surface area contributed by atoms with E-state index in [1.807, 2.05) is 6.07 Å². The summed E-state index contributed by atoms with van der Waals surface area (Å²) >= 11 is 4.96. The highest BCUT2D eigenvalue weighted by molar-refractivity contribution is 7.80. The number of thiocarbonyl (C=S) groups is 1. The number of aliphatic hydroxyl groups is 1. The molecule has 0 aliphatic carbocycles. The number of para-hydroxylation sites is 1. The van der Waals surface area contributed by atoms with E-state index < -0.39 is 0 Å². The second-order valence-electron chi connectivity index (χ2n) is 5.07. The van der Waals surface area contributed by atoms with Crippen molar-refractivity contribution in [2.45, 2.75) is 25.3 Å². The average molecular weight is 308 g/mol. The van der Waals surface area contributed by atoms with Crippen molar-refractivity contribution in [1.82, 2.24) is 4.90 Å². The van der Waals surface area contributed by atoms with Crippen LogP contribution in [0.1, 0.15) is 24.8 Å². The van der Waals surface area contributed by atoms with Crippen LogP contribution in [-0.2, 0) is 4.79 Å². The van der Waals surface area contributed by atoms with Gasteiger partial charge in [-0.05, 0) is 31.4 Å². The van der Waals surface area contributed by atoms with E-state index in [1.54, 1.807) is 23.1 Å². The van der Waals surface area contributed by atoms with Crippen LogP contribution in [0, 0.1) is 0 Å². The highest BCUT2D eigenvalue weighted by Crippen LogP contribution is 2.20. The van der Waals surface area contributed by atoms with Gasteiger partial charge in [-0.25, -0.2) is 0 Å². The minimum absolute atomic E-state index is 0.00475. The number of carbonyl (C=O) groups is 1. The second-order valence-corrected chi connectivity index (χ2v) is 5.51. The molecule has 0 bridgehead atoms. The summed E-state index contributed by atoms with van der Waals surface area (Å²) < 4.78 is 5.57. The Morgan fingerprint density at radius 2 is 2.19 bits per heavy atom. The first-order chi connectivity index (χ1) is 10.1. The minimum Gasteiger partial charge on any atom is -0.483 e. The molecule has 21 heavy (non-hydrogen) atoms. The Labute approximate surface area is 129 Å². The lowest BCUT2D eigenvalue weighted by molar-refractivity contribution is -0.138. The van der Waals surface area contributed by atoms with Crippen LogP contribution in [0.15, 0.2) is 24.3 Å². The van der Waals surface area contributed by atoms with Crippen molar-refractivity contribution < 1.29 is 14.6 Å². The van der Waals surface area contributed by atoms with Crippen LogP contribution in [0.4, 0.5) is 0 Å². The second kappa shape index (κ2) is 7.38. The third kappa shape index (κ3) is 3.92. The number of hydrogen-bond donors (Lipinski definition) is 2. The summed E-state index contributed by atoms with van der Waals surface area (Å²) in [6.45, 7) is 0.593. The van der Waals surface area contributed by atoms with Crippen LogP contribution in [-0.4, -0.2) is 46.7 Å². The van der Waals surface area contributed by atoms with Crippen molar-refractivity contribution in [3.63, 3.8) is 0 Å². The number of rotatable bonds is 5. The zero-order valence-corrected chi connectivity index (χ0v) is 12.6. The zero-order chi connectivity index (χ0) is 15.2. The van der Waals surface area contributed by atoms with Crippen molar-refractivity contribution in [3.05, 3.63) is 29.8 Å². The number of benzene rings is 1. The first-order valence-electron chi connectivity index (χ1n) is 7.05. The van der Waals surface area contributed by atoms with Gasteiger partial charge in [-0.3, -0.25) is 4.79 Å². The Kier molecular flexibility index (Phi) is 5.52. The van der Waals surface area contributed by atoms with Crippen molar-refractivity contribution in [3.8, 4) is 5.75 Å². The van der Waals surface area contributed by atoms with Gasteiger partial charge in [0, 0.05) is 6.54 Å². The van der Waals surface area contributed by atoms with E-state index >= 15 is 0 Å². The molecule has 0 saturated carbocycles. The number of aliphatic hydroxyl groups excluding tert-OH is 1. The first-order valence-corrected chi connectivity index (χ1v) is 7.46. The third-order valence-corrected chi connectivity index (χ3v) is 3.88. The highest BCUT2D eigenvalue weighted by Gasteiger charge is 2.26. The fourth-order valence-electron chi connectivity index (χ4n) is 2.54. The van der Waals surface area contributed by atoms with E-state index in [4.69, 9.17) is 22.7 Å². The molecular weight excluding hydrogens is 288 g/mol. The molecule has 5 nitrogen and oxygen atoms in total. The fraction of sp³-hybridized carbons (Fsp3) is 0.467. The predicted octanol–water partition coefficient (Wildman–Crippen LogP) is 1.07. The SMILES string of the molecule is NC(=S)c1ccccc1OCC(=O)N1CCCCC1CO. The van der Waals surface area contributed by atoms with Crippen molar-refractivity contribution in [2.75, 3.05) is 19.8 Å². The topological polar surface area (TPSA) is 75.8 Å². The Hall–Kier alpha value is -1.66. The van der Waals surface area contributed by atoms with Gasteiger partial charge < -0.3 is 20.5 Å². The maximum Gasteiger partial charge on any atom is 0.260 e. The summed E-state index contributed by atoms with van der Waals surface area (Å²) in [5, 5.41) is 9.34. The summed E-state index contributed by atoms with van der Waals surface area (Å²) in [5.41, 5.74) is 6.25.